The molecule has 0 N–H and O–H groups in total. The molecule has 2 saturated heterocycles. The van der Waals surface area contributed by atoms with Crippen molar-refractivity contribution in [2.45, 2.75) is 37.6 Å². The number of likely N-dealkylation sites (tertiary alicyclic amines) is 2. The van der Waals surface area contributed by atoms with Crippen LogP contribution in [-0.4, -0.2) is 48.4 Å². The predicted octanol–water partition coefficient (Wildman–Crippen LogP) is 2.27. The summed E-state index contributed by atoms with van der Waals surface area (Å²) < 4.78 is 0. The summed E-state index contributed by atoms with van der Waals surface area (Å²) in [4.78, 5) is 16.5. The Balaban J connectivity index is 1.90. The minimum atomic E-state index is 0.251. The Morgan fingerprint density at radius 3 is 2.65 bits per heavy atom. The van der Waals surface area contributed by atoms with Gasteiger partial charge in [0.05, 0.1) is 0 Å². The largest absolute Gasteiger partial charge is 0.341 e. The van der Waals surface area contributed by atoms with Gasteiger partial charge in [-0.3, -0.25) is 4.79 Å². The van der Waals surface area contributed by atoms with E-state index in [1.165, 1.54) is 12.0 Å². The van der Waals surface area contributed by atoms with E-state index in [0.717, 1.165) is 26.1 Å². The van der Waals surface area contributed by atoms with Gasteiger partial charge < -0.3 is 9.80 Å². The second-order valence-corrected chi connectivity index (χ2v) is 6.21. The van der Waals surface area contributed by atoms with Crippen LogP contribution in [0.15, 0.2) is 30.3 Å². The molecule has 20 heavy (non-hydrogen) atoms. The van der Waals surface area contributed by atoms with Crippen LogP contribution in [0.5, 0.6) is 0 Å². The SMILES string of the molecule is CCC(=O)N1CC[C@@]2(c3ccccc3)CCN(C)[C@@H]2C1. The topological polar surface area (TPSA) is 23.6 Å². The zero-order valence-corrected chi connectivity index (χ0v) is 12.5. The number of hydrogen-bond donors (Lipinski definition) is 0. The molecule has 1 amide bonds. The van der Waals surface area contributed by atoms with Gasteiger partial charge in [0.1, 0.15) is 0 Å². The van der Waals surface area contributed by atoms with Crippen molar-refractivity contribution in [3.63, 3.8) is 0 Å². The molecule has 2 aliphatic heterocycles. The minimum Gasteiger partial charge on any atom is -0.341 e. The van der Waals surface area contributed by atoms with E-state index in [0.29, 0.717) is 18.4 Å². The zero-order valence-electron chi connectivity index (χ0n) is 12.5. The minimum absolute atomic E-state index is 0.251. The molecule has 3 nitrogen and oxygen atoms in total. The molecule has 0 bridgehead atoms. The molecule has 2 aliphatic rings. The Morgan fingerprint density at radius 2 is 1.95 bits per heavy atom. The lowest BCUT2D eigenvalue weighted by molar-refractivity contribution is -0.133. The molecule has 0 unspecified atom stereocenters. The van der Waals surface area contributed by atoms with Crippen molar-refractivity contribution in [1.29, 1.82) is 0 Å². The van der Waals surface area contributed by atoms with Crippen molar-refractivity contribution in [2.24, 2.45) is 0 Å². The Labute approximate surface area is 121 Å². The first kappa shape index (κ1) is 13.6. The van der Waals surface area contributed by atoms with E-state index in [2.05, 4.69) is 47.2 Å². The van der Waals surface area contributed by atoms with Gasteiger partial charge in [0, 0.05) is 31.0 Å². The highest BCUT2D eigenvalue weighted by atomic mass is 16.2. The smallest absolute Gasteiger partial charge is 0.222 e. The van der Waals surface area contributed by atoms with E-state index in [-0.39, 0.29) is 5.41 Å². The van der Waals surface area contributed by atoms with Gasteiger partial charge in [-0.1, -0.05) is 37.3 Å². The summed E-state index contributed by atoms with van der Waals surface area (Å²) in [6.45, 7) is 4.89. The second-order valence-electron chi connectivity index (χ2n) is 6.21. The molecular weight excluding hydrogens is 248 g/mol. The fourth-order valence-corrected chi connectivity index (χ4v) is 4.06. The predicted molar refractivity (Wildman–Crippen MR) is 80.6 cm³/mol. The van der Waals surface area contributed by atoms with Gasteiger partial charge in [-0.2, -0.15) is 0 Å². The summed E-state index contributed by atoms with van der Waals surface area (Å²) in [5, 5.41) is 0. The quantitative estimate of drug-likeness (QED) is 0.824. The number of likely N-dealkylation sites (N-methyl/N-ethyl adjacent to an activating group) is 1. The monoisotopic (exact) mass is 272 g/mol. The van der Waals surface area contributed by atoms with Crippen LogP contribution in [0.25, 0.3) is 0 Å². The average Bonchev–Trinajstić information content (AvgIpc) is 2.85. The molecule has 108 valence electrons. The third kappa shape index (κ3) is 2.05. The zero-order chi connectivity index (χ0) is 14.2. The van der Waals surface area contributed by atoms with Gasteiger partial charge >= 0.3 is 0 Å². The molecule has 3 heteroatoms. The average molecular weight is 272 g/mol. The van der Waals surface area contributed by atoms with Crippen LogP contribution in [0.1, 0.15) is 31.7 Å². The Hall–Kier alpha value is -1.35. The number of carbonyl (C=O) groups excluding carboxylic acids is 1. The van der Waals surface area contributed by atoms with E-state index in [1.807, 2.05) is 6.92 Å². The highest BCUT2D eigenvalue weighted by Gasteiger charge is 2.50. The third-order valence-electron chi connectivity index (χ3n) is 5.31. The fraction of sp³-hybridized carbons (Fsp3) is 0.588. The maximum absolute atomic E-state index is 12.0. The van der Waals surface area contributed by atoms with Crippen LogP contribution < -0.4 is 0 Å². The molecule has 2 fully saturated rings. The summed E-state index contributed by atoms with van der Waals surface area (Å²) in [5.74, 6) is 0.298. The molecular formula is C17H24N2O. The lowest BCUT2D eigenvalue weighted by Crippen LogP contribution is -2.56. The maximum Gasteiger partial charge on any atom is 0.222 e. The Morgan fingerprint density at radius 1 is 1.25 bits per heavy atom. The number of carbonyl (C=O) groups is 1. The number of rotatable bonds is 2. The molecule has 0 aliphatic carbocycles. The molecule has 0 radical (unpaired) electrons. The van der Waals surface area contributed by atoms with Crippen molar-refractivity contribution < 1.29 is 4.79 Å². The highest BCUT2D eigenvalue weighted by molar-refractivity contribution is 5.76. The number of benzene rings is 1. The van der Waals surface area contributed by atoms with Crippen LogP contribution in [-0.2, 0) is 10.2 Å². The van der Waals surface area contributed by atoms with E-state index in [1.54, 1.807) is 0 Å². The second kappa shape index (κ2) is 5.21. The first-order valence-corrected chi connectivity index (χ1v) is 7.71. The van der Waals surface area contributed by atoms with Gasteiger partial charge in [0.2, 0.25) is 5.91 Å². The summed E-state index contributed by atoms with van der Waals surface area (Å²) in [5.41, 5.74) is 1.71. The van der Waals surface area contributed by atoms with Crippen LogP contribution in [0.2, 0.25) is 0 Å². The van der Waals surface area contributed by atoms with Crippen LogP contribution >= 0.6 is 0 Å². The van der Waals surface area contributed by atoms with Gasteiger partial charge in [0.25, 0.3) is 0 Å². The van der Waals surface area contributed by atoms with E-state index in [4.69, 9.17) is 0 Å². The maximum atomic E-state index is 12.0. The fourth-order valence-electron chi connectivity index (χ4n) is 4.06. The van der Waals surface area contributed by atoms with Crippen molar-refractivity contribution >= 4 is 5.91 Å². The number of fused-ring (bicyclic) bond motifs is 1. The van der Waals surface area contributed by atoms with Crippen LogP contribution in [0.3, 0.4) is 0 Å². The Bertz CT molecular complexity index is 487. The van der Waals surface area contributed by atoms with E-state index in [9.17, 15) is 4.79 Å². The normalized spacial score (nSPS) is 30.3. The van der Waals surface area contributed by atoms with E-state index >= 15 is 0 Å². The van der Waals surface area contributed by atoms with Crippen LogP contribution in [0, 0.1) is 0 Å². The molecule has 0 spiro atoms. The highest BCUT2D eigenvalue weighted by Crippen LogP contribution is 2.45. The number of amides is 1. The molecule has 2 heterocycles. The van der Waals surface area contributed by atoms with Gasteiger partial charge in [0.15, 0.2) is 0 Å². The number of nitrogens with zero attached hydrogens (tertiary/aromatic N) is 2. The summed E-state index contributed by atoms with van der Waals surface area (Å²) >= 11 is 0. The standard InChI is InChI=1S/C17H24N2O/c1-3-16(20)19-12-10-17(14-7-5-4-6-8-14)9-11-18(2)15(17)13-19/h4-8,15H,3,9-13H2,1-2H3/t15-,17-/m1/s1. The van der Waals surface area contributed by atoms with Crippen molar-refractivity contribution in [3.8, 4) is 0 Å². The lowest BCUT2D eigenvalue weighted by Gasteiger charge is -2.46. The summed E-state index contributed by atoms with van der Waals surface area (Å²) in [7, 11) is 2.20. The molecule has 1 aromatic rings. The summed E-state index contributed by atoms with van der Waals surface area (Å²) in [6, 6.07) is 11.4. The number of piperidine rings is 1. The molecule has 0 saturated carbocycles. The van der Waals surface area contributed by atoms with Crippen molar-refractivity contribution in [3.05, 3.63) is 35.9 Å². The lowest BCUT2D eigenvalue weighted by atomic mass is 9.69. The molecule has 0 aromatic heterocycles. The first-order valence-electron chi connectivity index (χ1n) is 7.71. The molecule has 3 rings (SSSR count). The van der Waals surface area contributed by atoms with Gasteiger partial charge in [-0.25, -0.2) is 0 Å². The first-order chi connectivity index (χ1) is 9.67. The van der Waals surface area contributed by atoms with E-state index < -0.39 is 0 Å². The molecule has 1 aromatic carbocycles. The Kier molecular flexibility index (Phi) is 3.55. The summed E-state index contributed by atoms with van der Waals surface area (Å²) in [6.07, 6.45) is 2.93. The molecule has 2 atom stereocenters. The number of hydrogen-bond acceptors (Lipinski definition) is 2. The van der Waals surface area contributed by atoms with Gasteiger partial charge in [-0.15, -0.1) is 0 Å². The van der Waals surface area contributed by atoms with Crippen LogP contribution in [0.4, 0.5) is 0 Å². The third-order valence-corrected chi connectivity index (χ3v) is 5.31. The van der Waals surface area contributed by atoms with Crippen molar-refractivity contribution in [1.82, 2.24) is 9.80 Å². The van der Waals surface area contributed by atoms with Gasteiger partial charge in [-0.05, 0) is 32.0 Å². The van der Waals surface area contributed by atoms with Crippen molar-refractivity contribution in [2.75, 3.05) is 26.7 Å².